The van der Waals surface area contributed by atoms with Gasteiger partial charge in [-0.3, -0.25) is 33.6 Å². The van der Waals surface area contributed by atoms with Crippen molar-refractivity contribution in [3.05, 3.63) is 30.5 Å². The van der Waals surface area contributed by atoms with Gasteiger partial charge in [0.25, 0.3) is 0 Å². The maximum atomic E-state index is 13.0. The van der Waals surface area contributed by atoms with Gasteiger partial charge in [0.05, 0.1) is 43.4 Å². The Balaban J connectivity index is 1.41. The number of hydrogen-bond donors (Lipinski definition) is 6. The van der Waals surface area contributed by atoms with Gasteiger partial charge in [-0.05, 0) is 31.4 Å². The second-order valence-corrected chi connectivity index (χ2v) is 18.4. The Hall–Kier alpha value is -4.13. The second-order valence-electron chi connectivity index (χ2n) is 17.1. The number of nitrogens with zero attached hydrogens (tertiary/aromatic N) is 2. The Bertz CT molecular complexity index is 1580. The number of carboxylic acid groups (broad SMARTS) is 2. The number of hydrogen-bond acceptors (Lipinski definition) is 12. The smallest absolute Gasteiger partial charge is 0.306 e. The van der Waals surface area contributed by atoms with Crippen LogP contribution in [-0.4, -0.2) is 129 Å². The fourth-order valence-electron chi connectivity index (χ4n) is 7.50. The van der Waals surface area contributed by atoms with Crippen molar-refractivity contribution in [3.63, 3.8) is 0 Å². The minimum atomic E-state index is -1.08. The van der Waals surface area contributed by atoms with Gasteiger partial charge in [-0.1, -0.05) is 90.6 Å². The number of carboxylic acids is 2. The molecule has 1 aromatic rings. The number of aromatic amines is 1. The van der Waals surface area contributed by atoms with Crippen LogP contribution in [0.5, 0.6) is 0 Å². The summed E-state index contributed by atoms with van der Waals surface area (Å²) < 4.78 is 10.8. The normalized spacial score (nSPS) is 15.2. The molecular weight excluding hydrogens is 857 g/mol. The van der Waals surface area contributed by atoms with Crippen LogP contribution in [0.25, 0.3) is 0 Å². The molecule has 7 N–H and O–H groups in total. The monoisotopic (exact) mass is 935 g/mol. The number of H-pyrrole nitrogens is 1. The van der Waals surface area contributed by atoms with Crippen LogP contribution in [0.4, 0.5) is 0 Å². The van der Waals surface area contributed by atoms with E-state index in [4.69, 9.17) is 20.3 Å². The number of unbranched alkanes of at least 4 members (excludes halogenated alkanes) is 13. The van der Waals surface area contributed by atoms with Crippen LogP contribution in [0, 0.1) is 11.8 Å². The number of amides is 3. The maximum absolute atomic E-state index is 13.0. The number of ketones is 2. The summed E-state index contributed by atoms with van der Waals surface area (Å²) in [5.74, 6) is -3.44. The van der Waals surface area contributed by atoms with Crippen molar-refractivity contribution in [3.8, 4) is 0 Å². The Morgan fingerprint density at radius 1 is 0.831 bits per heavy atom. The number of imidazole rings is 1. The predicted octanol–water partition coefficient (Wildman–Crippen LogP) is 5.75. The molecule has 0 saturated carbocycles. The minimum absolute atomic E-state index is 0.0291. The van der Waals surface area contributed by atoms with Gasteiger partial charge in [-0.25, -0.2) is 4.98 Å². The van der Waals surface area contributed by atoms with Gasteiger partial charge in [0.2, 0.25) is 17.7 Å². The first-order valence-electron chi connectivity index (χ1n) is 23.8. The van der Waals surface area contributed by atoms with E-state index in [1.807, 2.05) is 0 Å². The van der Waals surface area contributed by atoms with Crippen LogP contribution in [0.2, 0.25) is 0 Å². The van der Waals surface area contributed by atoms with E-state index < -0.39 is 29.8 Å². The molecule has 18 heteroatoms. The van der Waals surface area contributed by atoms with E-state index in [-0.39, 0.29) is 99.5 Å². The molecule has 0 aliphatic carbocycles. The number of carbonyl (C=O) groups excluding carboxylic acids is 5. The number of nitrogens with one attached hydrogen (secondary N) is 3. The number of Topliss-reactive ketones (excluding diaryl/α,β-unsaturated/α-hetero) is 2. The van der Waals surface area contributed by atoms with Gasteiger partial charge in [0.1, 0.15) is 12.4 Å². The number of likely N-dealkylation sites (tertiary alicyclic amines) is 1. The quantitative estimate of drug-likeness (QED) is 0.0427. The summed E-state index contributed by atoms with van der Waals surface area (Å²) in [5, 5.41) is 23.7. The summed E-state index contributed by atoms with van der Waals surface area (Å²) in [6.07, 6.45) is 20.6. The fraction of sp³-hybridized carbons (Fsp3) is 0.745. The zero-order valence-electron chi connectivity index (χ0n) is 38.8. The lowest BCUT2D eigenvalue weighted by Gasteiger charge is -2.17. The van der Waals surface area contributed by atoms with Crippen molar-refractivity contribution < 1.29 is 53.2 Å². The number of nitrogens with two attached hydrogens (primary N) is 1. The van der Waals surface area contributed by atoms with Crippen LogP contribution in [0.15, 0.2) is 24.8 Å². The molecule has 0 bridgehead atoms. The fourth-order valence-corrected chi connectivity index (χ4v) is 8.74. The molecule has 4 atom stereocenters. The zero-order valence-corrected chi connectivity index (χ0v) is 39.6. The summed E-state index contributed by atoms with van der Waals surface area (Å²) in [6.45, 7) is 7.08. The Kier molecular flexibility index (Phi) is 30.8. The highest BCUT2D eigenvalue weighted by Crippen LogP contribution is 2.31. The third kappa shape index (κ3) is 27.2. The van der Waals surface area contributed by atoms with Crippen molar-refractivity contribution in [2.75, 3.05) is 51.8 Å². The molecular formula is C47H78N6O11S. The highest BCUT2D eigenvalue weighted by atomic mass is 32.2. The topological polar surface area (TPSA) is 260 Å². The zero-order chi connectivity index (χ0) is 47.7. The molecule has 0 aromatic carbocycles. The number of thioether (sulfide) groups is 1. The number of ether oxygens (including phenoxy) is 2. The number of allylic oxidation sites excluding steroid dienone is 1. The predicted molar refractivity (Wildman–Crippen MR) is 250 cm³/mol. The lowest BCUT2D eigenvalue weighted by atomic mass is 9.88. The van der Waals surface area contributed by atoms with E-state index in [2.05, 4.69) is 27.2 Å². The molecule has 3 amide bonds. The van der Waals surface area contributed by atoms with E-state index in [1.165, 1.54) is 57.7 Å². The molecule has 1 aromatic heterocycles. The minimum Gasteiger partial charge on any atom is -0.481 e. The number of rotatable bonds is 42. The molecule has 1 unspecified atom stereocenters. The van der Waals surface area contributed by atoms with Crippen molar-refractivity contribution in [1.29, 1.82) is 0 Å². The molecule has 368 valence electrons. The standard InChI is InChI=1S/C47H78N6O11S/c1-35(28-41(55)39(48)31-38-32-49-34-52-38)40(54)30-37(47(61)62)18-15-16-21-50-44(57)33-64-26-25-63-24-22-51-43(56)20-23-53-36(2)29-42(46(53)60)65-27-17-13-11-9-7-5-3-4-6-8-10-12-14-19-45(58)59/h32,34-35,37,39,42H,2-31,33,48H2,1H3,(H,49,52)(H,50,57)(H,51,56)(H,58,59)(H,61,62)/t35-,37+,39-,42?/m0/s1. The van der Waals surface area contributed by atoms with Crippen LogP contribution in [0.1, 0.15) is 147 Å². The van der Waals surface area contributed by atoms with E-state index in [1.54, 1.807) is 29.8 Å². The van der Waals surface area contributed by atoms with Gasteiger partial charge >= 0.3 is 11.9 Å². The maximum Gasteiger partial charge on any atom is 0.306 e. The summed E-state index contributed by atoms with van der Waals surface area (Å²) >= 11 is 1.69. The summed E-state index contributed by atoms with van der Waals surface area (Å²) in [5.41, 5.74) is 7.45. The third-order valence-corrected chi connectivity index (χ3v) is 12.8. The van der Waals surface area contributed by atoms with Crippen LogP contribution in [-0.2, 0) is 49.5 Å². The highest BCUT2D eigenvalue weighted by Gasteiger charge is 2.34. The van der Waals surface area contributed by atoms with Gasteiger partial charge < -0.3 is 45.9 Å². The first-order chi connectivity index (χ1) is 31.3. The Morgan fingerprint density at radius 3 is 2.09 bits per heavy atom. The molecule has 0 radical (unpaired) electrons. The SMILES string of the molecule is C=C1CC(SCCCCCCCCCCCCCCCC(=O)O)C(=O)N1CCC(=O)NCCOCCOCC(=O)NCCCC[C@H](CC(=O)[C@@H](C)CC(=O)[C@@H](N)Cc1cnc[nH]1)C(=O)O. The van der Waals surface area contributed by atoms with E-state index >= 15 is 0 Å². The van der Waals surface area contributed by atoms with E-state index in [9.17, 15) is 38.7 Å². The average molecular weight is 935 g/mol. The molecule has 1 saturated heterocycles. The molecule has 17 nitrogen and oxygen atoms in total. The Labute approximate surface area is 389 Å². The third-order valence-electron chi connectivity index (χ3n) is 11.5. The first-order valence-corrected chi connectivity index (χ1v) is 24.9. The van der Waals surface area contributed by atoms with Crippen LogP contribution < -0.4 is 16.4 Å². The highest BCUT2D eigenvalue weighted by molar-refractivity contribution is 8.00. The summed E-state index contributed by atoms with van der Waals surface area (Å²) in [6, 6.07) is -0.787. The van der Waals surface area contributed by atoms with Gasteiger partial charge in [0, 0.05) is 81.7 Å². The molecule has 1 aliphatic rings. The molecule has 1 fully saturated rings. The van der Waals surface area contributed by atoms with Crippen molar-refractivity contribution >= 4 is 53.0 Å². The van der Waals surface area contributed by atoms with Gasteiger partial charge in [-0.15, -0.1) is 11.8 Å². The van der Waals surface area contributed by atoms with E-state index in [0.29, 0.717) is 44.6 Å². The summed E-state index contributed by atoms with van der Waals surface area (Å²) in [4.78, 5) is 93.5. The summed E-state index contributed by atoms with van der Waals surface area (Å²) in [7, 11) is 0. The number of aliphatic carboxylic acids is 2. The first kappa shape index (κ1) is 57.0. The van der Waals surface area contributed by atoms with Crippen molar-refractivity contribution in [1.82, 2.24) is 25.5 Å². The molecule has 2 heterocycles. The van der Waals surface area contributed by atoms with Crippen molar-refractivity contribution in [2.24, 2.45) is 17.6 Å². The number of carbonyl (C=O) groups is 7. The largest absolute Gasteiger partial charge is 0.481 e. The van der Waals surface area contributed by atoms with Crippen molar-refractivity contribution in [2.45, 2.75) is 159 Å². The van der Waals surface area contributed by atoms with Crippen LogP contribution >= 0.6 is 11.8 Å². The molecule has 0 spiro atoms. The average Bonchev–Trinajstić information content (AvgIpc) is 3.88. The Morgan fingerprint density at radius 2 is 1.46 bits per heavy atom. The number of aromatic nitrogens is 2. The van der Waals surface area contributed by atoms with Gasteiger partial charge in [0.15, 0.2) is 5.78 Å². The van der Waals surface area contributed by atoms with Gasteiger partial charge in [-0.2, -0.15) is 0 Å². The second kappa shape index (κ2) is 35.1. The lowest BCUT2D eigenvalue weighted by molar-refractivity contribution is -0.144. The molecule has 1 aliphatic heterocycles. The van der Waals surface area contributed by atoms with E-state index in [0.717, 1.165) is 43.6 Å². The van der Waals surface area contributed by atoms with Crippen LogP contribution in [0.3, 0.4) is 0 Å². The molecule has 65 heavy (non-hydrogen) atoms. The molecule has 2 rings (SSSR count). The lowest BCUT2D eigenvalue weighted by Crippen LogP contribution is -2.35.